The number of amides is 2. The fourth-order valence-electron chi connectivity index (χ4n) is 3.77. The third-order valence-corrected chi connectivity index (χ3v) is 5.21. The van der Waals surface area contributed by atoms with Crippen LogP contribution in [0, 0.1) is 0 Å². The van der Waals surface area contributed by atoms with Crippen LogP contribution in [0.15, 0.2) is 72.9 Å². The van der Waals surface area contributed by atoms with Gasteiger partial charge in [0, 0.05) is 36.2 Å². The van der Waals surface area contributed by atoms with Crippen molar-refractivity contribution >= 4 is 23.2 Å². The van der Waals surface area contributed by atoms with Crippen molar-refractivity contribution in [3.8, 4) is 0 Å². The highest BCUT2D eigenvalue weighted by molar-refractivity contribution is 6.09. The van der Waals surface area contributed by atoms with E-state index in [4.69, 9.17) is 0 Å². The van der Waals surface area contributed by atoms with Crippen LogP contribution in [0.5, 0.6) is 0 Å². The van der Waals surface area contributed by atoms with Crippen molar-refractivity contribution in [2.24, 2.45) is 0 Å². The lowest BCUT2D eigenvalue weighted by Crippen LogP contribution is -2.36. The van der Waals surface area contributed by atoms with E-state index in [2.05, 4.69) is 11.1 Å². The molecule has 29 heavy (non-hydrogen) atoms. The first-order chi connectivity index (χ1) is 14.2. The number of aryl methyl sites for hydroxylation is 1. The number of para-hydroxylation sites is 2. The molecule has 0 bridgehead atoms. The number of nitrogens with zero attached hydrogens (tertiary/aromatic N) is 3. The van der Waals surface area contributed by atoms with Gasteiger partial charge < -0.3 is 9.80 Å². The molecule has 4 rings (SSSR count). The normalized spacial score (nSPS) is 12.9. The molecule has 0 unspecified atom stereocenters. The highest BCUT2D eigenvalue weighted by Gasteiger charge is 2.25. The molecule has 0 spiro atoms. The van der Waals surface area contributed by atoms with E-state index < -0.39 is 0 Å². The van der Waals surface area contributed by atoms with E-state index in [0.717, 1.165) is 24.2 Å². The summed E-state index contributed by atoms with van der Waals surface area (Å²) in [4.78, 5) is 34.0. The predicted octanol–water partition coefficient (Wildman–Crippen LogP) is 4.34. The van der Waals surface area contributed by atoms with Crippen LogP contribution in [0.2, 0.25) is 0 Å². The number of hydrogen-bond acceptors (Lipinski definition) is 3. The zero-order valence-electron chi connectivity index (χ0n) is 16.4. The van der Waals surface area contributed by atoms with E-state index in [9.17, 15) is 9.59 Å². The summed E-state index contributed by atoms with van der Waals surface area (Å²) < 4.78 is 0. The fourth-order valence-corrected chi connectivity index (χ4v) is 3.77. The summed E-state index contributed by atoms with van der Waals surface area (Å²) in [6, 6.07) is 20.8. The molecule has 3 aromatic rings. The Kier molecular flexibility index (Phi) is 5.38. The molecule has 5 nitrogen and oxygen atoms in total. The average Bonchev–Trinajstić information content (AvgIpc) is 2.79. The van der Waals surface area contributed by atoms with Crippen LogP contribution >= 0.6 is 0 Å². The van der Waals surface area contributed by atoms with Gasteiger partial charge in [-0.15, -0.1) is 0 Å². The zero-order chi connectivity index (χ0) is 20.2. The molecule has 0 atom stereocenters. The van der Waals surface area contributed by atoms with Gasteiger partial charge >= 0.3 is 0 Å². The first-order valence-corrected chi connectivity index (χ1v) is 9.91. The van der Waals surface area contributed by atoms with Crippen molar-refractivity contribution in [2.45, 2.75) is 19.8 Å². The summed E-state index contributed by atoms with van der Waals surface area (Å²) in [5.41, 5.74) is 3.69. The summed E-state index contributed by atoms with van der Waals surface area (Å²) in [5.74, 6) is -0.316. The van der Waals surface area contributed by atoms with Gasteiger partial charge in [0.1, 0.15) is 5.69 Å². The molecule has 0 fully saturated rings. The van der Waals surface area contributed by atoms with E-state index in [1.807, 2.05) is 55.5 Å². The van der Waals surface area contributed by atoms with E-state index in [0.29, 0.717) is 18.7 Å². The number of pyridine rings is 1. The van der Waals surface area contributed by atoms with Crippen molar-refractivity contribution in [2.75, 3.05) is 22.9 Å². The summed E-state index contributed by atoms with van der Waals surface area (Å²) in [5, 5.41) is 0. The van der Waals surface area contributed by atoms with Crippen LogP contribution in [0.3, 0.4) is 0 Å². The molecule has 2 amide bonds. The van der Waals surface area contributed by atoms with E-state index in [1.54, 1.807) is 21.9 Å². The van der Waals surface area contributed by atoms with Gasteiger partial charge in [0.2, 0.25) is 0 Å². The molecule has 5 heteroatoms. The number of fused-ring (bicyclic) bond motifs is 1. The Bertz CT molecular complexity index is 1030. The second kappa shape index (κ2) is 8.27. The number of carbonyl (C=O) groups excluding carboxylic acids is 2. The zero-order valence-corrected chi connectivity index (χ0v) is 16.4. The standard InChI is InChI=1S/C24H23N3O2/c1-2-26(20-11-4-3-5-12-20)24(29)21-17-19(14-15-25-21)23(28)27-16-8-10-18-9-6-7-13-22(18)27/h3-7,9,11-15,17H,2,8,10,16H2,1H3. The monoisotopic (exact) mass is 385 g/mol. The minimum Gasteiger partial charge on any atom is -0.308 e. The van der Waals surface area contributed by atoms with Crippen LogP contribution in [0.25, 0.3) is 0 Å². The average molecular weight is 385 g/mol. The van der Waals surface area contributed by atoms with Crippen LogP contribution in [0.1, 0.15) is 39.8 Å². The highest BCUT2D eigenvalue weighted by Crippen LogP contribution is 2.28. The topological polar surface area (TPSA) is 53.5 Å². The molecule has 146 valence electrons. The number of carbonyl (C=O) groups is 2. The Labute approximate surface area is 170 Å². The minimum absolute atomic E-state index is 0.101. The summed E-state index contributed by atoms with van der Waals surface area (Å²) >= 11 is 0. The second-order valence-electron chi connectivity index (χ2n) is 7.00. The number of hydrogen-bond donors (Lipinski definition) is 0. The van der Waals surface area contributed by atoms with Crippen molar-refractivity contribution in [1.29, 1.82) is 0 Å². The largest absolute Gasteiger partial charge is 0.308 e. The van der Waals surface area contributed by atoms with E-state index >= 15 is 0 Å². The Hall–Kier alpha value is -3.47. The predicted molar refractivity (Wildman–Crippen MR) is 114 cm³/mol. The Morgan fingerprint density at radius 1 is 1.03 bits per heavy atom. The lowest BCUT2D eigenvalue weighted by atomic mass is 10.0. The van der Waals surface area contributed by atoms with Gasteiger partial charge in [-0.3, -0.25) is 14.6 Å². The van der Waals surface area contributed by atoms with E-state index in [1.165, 1.54) is 11.8 Å². The molecule has 1 aliphatic rings. The SMILES string of the molecule is CCN(C(=O)c1cc(C(=O)N2CCCc3ccccc32)ccn1)c1ccccc1. The van der Waals surface area contributed by atoms with Crippen molar-refractivity contribution in [3.63, 3.8) is 0 Å². The van der Waals surface area contributed by atoms with Gasteiger partial charge in [-0.05, 0) is 55.7 Å². The lowest BCUT2D eigenvalue weighted by molar-refractivity contribution is 0.0983. The number of anilines is 2. The molecule has 0 saturated carbocycles. The number of aromatic nitrogens is 1. The first-order valence-electron chi connectivity index (χ1n) is 9.91. The molecular formula is C24H23N3O2. The Balaban J connectivity index is 1.62. The molecule has 0 radical (unpaired) electrons. The summed E-state index contributed by atoms with van der Waals surface area (Å²) in [6.07, 6.45) is 3.44. The fraction of sp³-hybridized carbons (Fsp3) is 0.208. The maximum Gasteiger partial charge on any atom is 0.276 e. The summed E-state index contributed by atoms with van der Waals surface area (Å²) in [7, 11) is 0. The molecule has 2 aromatic carbocycles. The second-order valence-corrected chi connectivity index (χ2v) is 7.00. The van der Waals surface area contributed by atoms with Gasteiger partial charge in [-0.25, -0.2) is 0 Å². The molecule has 1 aromatic heterocycles. The molecule has 0 N–H and O–H groups in total. The molecule has 2 heterocycles. The van der Waals surface area contributed by atoms with Gasteiger partial charge in [0.25, 0.3) is 11.8 Å². The summed E-state index contributed by atoms with van der Waals surface area (Å²) in [6.45, 7) is 3.11. The third-order valence-electron chi connectivity index (χ3n) is 5.21. The van der Waals surface area contributed by atoms with Crippen LogP contribution in [-0.2, 0) is 6.42 Å². The highest BCUT2D eigenvalue weighted by atomic mass is 16.2. The van der Waals surface area contributed by atoms with E-state index in [-0.39, 0.29) is 17.5 Å². The van der Waals surface area contributed by atoms with Crippen LogP contribution in [-0.4, -0.2) is 29.9 Å². The van der Waals surface area contributed by atoms with Gasteiger partial charge in [-0.1, -0.05) is 36.4 Å². The Morgan fingerprint density at radius 3 is 2.59 bits per heavy atom. The molecule has 1 aliphatic heterocycles. The van der Waals surface area contributed by atoms with Gasteiger partial charge in [0.05, 0.1) is 0 Å². The first kappa shape index (κ1) is 18.9. The van der Waals surface area contributed by atoms with Crippen molar-refractivity contribution in [1.82, 2.24) is 4.98 Å². The molecular weight excluding hydrogens is 362 g/mol. The Morgan fingerprint density at radius 2 is 1.79 bits per heavy atom. The van der Waals surface area contributed by atoms with Gasteiger partial charge in [0.15, 0.2) is 0 Å². The minimum atomic E-state index is -0.215. The van der Waals surface area contributed by atoms with Gasteiger partial charge in [-0.2, -0.15) is 0 Å². The lowest BCUT2D eigenvalue weighted by Gasteiger charge is -2.29. The third kappa shape index (κ3) is 3.76. The maximum atomic E-state index is 13.2. The maximum absolute atomic E-state index is 13.2. The number of rotatable bonds is 4. The van der Waals surface area contributed by atoms with Crippen molar-refractivity contribution < 1.29 is 9.59 Å². The van der Waals surface area contributed by atoms with Crippen LogP contribution in [0.4, 0.5) is 11.4 Å². The quantitative estimate of drug-likeness (QED) is 0.671. The van der Waals surface area contributed by atoms with Crippen LogP contribution < -0.4 is 9.80 Å². The smallest absolute Gasteiger partial charge is 0.276 e. The molecule has 0 aliphatic carbocycles. The molecule has 0 saturated heterocycles. The van der Waals surface area contributed by atoms with Crippen molar-refractivity contribution in [3.05, 3.63) is 89.7 Å². The number of benzene rings is 2.